The van der Waals surface area contributed by atoms with Crippen LogP contribution in [-0.2, 0) is 0 Å². The van der Waals surface area contributed by atoms with E-state index >= 15 is 0 Å². The quantitative estimate of drug-likeness (QED) is 0.805. The molecular formula is C23H26FN3O2. The van der Waals surface area contributed by atoms with Crippen molar-refractivity contribution in [3.8, 4) is 0 Å². The SMILES string of the molecule is Cc1ccccc1C(=O)NC1C[C@H]2CCC[C@H](C1)N2C(=O)Nc1ccccc1F. The lowest BCUT2D eigenvalue weighted by atomic mass is 9.82. The number of fused-ring (bicyclic) bond motifs is 2. The van der Waals surface area contributed by atoms with Crippen molar-refractivity contribution in [2.75, 3.05) is 5.32 Å². The van der Waals surface area contributed by atoms with Crippen molar-refractivity contribution in [3.05, 3.63) is 65.5 Å². The third-order valence-electron chi connectivity index (χ3n) is 6.05. The van der Waals surface area contributed by atoms with E-state index in [4.69, 9.17) is 0 Å². The molecule has 2 bridgehead atoms. The number of urea groups is 1. The molecule has 4 rings (SSSR count). The van der Waals surface area contributed by atoms with E-state index < -0.39 is 5.82 Å². The lowest BCUT2D eigenvalue weighted by Gasteiger charge is -2.48. The highest BCUT2D eigenvalue weighted by molar-refractivity contribution is 5.95. The summed E-state index contributed by atoms with van der Waals surface area (Å²) in [5.74, 6) is -0.498. The van der Waals surface area contributed by atoms with Crippen LogP contribution in [0.1, 0.15) is 48.0 Å². The summed E-state index contributed by atoms with van der Waals surface area (Å²) < 4.78 is 13.9. The standard InChI is InChI=1S/C23H26FN3O2/c1-15-7-2-3-10-19(15)22(28)25-16-13-17-8-6-9-18(14-16)27(17)23(29)26-21-12-5-4-11-20(21)24/h2-5,7,10-12,16-18H,6,8-9,13-14H2,1H3,(H,25,28)(H,26,29)/t17-,18-/m1/s1. The molecule has 5 nitrogen and oxygen atoms in total. The molecule has 0 aliphatic carbocycles. The summed E-state index contributed by atoms with van der Waals surface area (Å²) in [4.78, 5) is 27.5. The van der Waals surface area contributed by atoms with Crippen molar-refractivity contribution < 1.29 is 14.0 Å². The first-order chi connectivity index (χ1) is 14.0. The summed E-state index contributed by atoms with van der Waals surface area (Å²) in [6, 6.07) is 13.6. The predicted molar refractivity (Wildman–Crippen MR) is 110 cm³/mol. The number of hydrogen-bond acceptors (Lipinski definition) is 2. The average Bonchev–Trinajstić information content (AvgIpc) is 2.69. The lowest BCUT2D eigenvalue weighted by molar-refractivity contribution is 0.0576. The third-order valence-corrected chi connectivity index (χ3v) is 6.05. The molecule has 2 saturated heterocycles. The number of aryl methyl sites for hydroxylation is 1. The van der Waals surface area contributed by atoms with E-state index in [0.29, 0.717) is 5.56 Å². The lowest BCUT2D eigenvalue weighted by Crippen LogP contribution is -2.59. The fourth-order valence-electron chi connectivity index (χ4n) is 4.66. The summed E-state index contributed by atoms with van der Waals surface area (Å²) in [6.45, 7) is 1.93. The highest BCUT2D eigenvalue weighted by atomic mass is 19.1. The summed E-state index contributed by atoms with van der Waals surface area (Å²) in [7, 11) is 0. The average molecular weight is 395 g/mol. The van der Waals surface area contributed by atoms with Crippen LogP contribution in [0.3, 0.4) is 0 Å². The summed E-state index contributed by atoms with van der Waals surface area (Å²) in [5, 5.41) is 5.89. The van der Waals surface area contributed by atoms with Crippen LogP contribution >= 0.6 is 0 Å². The first kappa shape index (κ1) is 19.4. The van der Waals surface area contributed by atoms with Crippen molar-refractivity contribution in [2.24, 2.45) is 0 Å². The Morgan fingerprint density at radius 1 is 1.00 bits per heavy atom. The van der Waals surface area contributed by atoms with Crippen LogP contribution in [-0.4, -0.2) is 35.0 Å². The number of carbonyl (C=O) groups excluding carboxylic acids is 2. The van der Waals surface area contributed by atoms with Crippen LogP contribution in [0.2, 0.25) is 0 Å². The Hall–Kier alpha value is -2.89. The van der Waals surface area contributed by atoms with Gasteiger partial charge >= 0.3 is 6.03 Å². The second-order valence-corrected chi connectivity index (χ2v) is 8.01. The van der Waals surface area contributed by atoms with E-state index in [-0.39, 0.29) is 35.8 Å². The molecule has 29 heavy (non-hydrogen) atoms. The van der Waals surface area contributed by atoms with E-state index in [1.165, 1.54) is 6.07 Å². The molecule has 0 saturated carbocycles. The molecule has 2 N–H and O–H groups in total. The van der Waals surface area contributed by atoms with Crippen LogP contribution < -0.4 is 10.6 Å². The Labute approximate surface area is 170 Å². The molecule has 2 aromatic rings. The zero-order valence-electron chi connectivity index (χ0n) is 16.5. The van der Waals surface area contributed by atoms with Crippen LogP contribution in [0.25, 0.3) is 0 Å². The second-order valence-electron chi connectivity index (χ2n) is 8.01. The van der Waals surface area contributed by atoms with Gasteiger partial charge in [-0.15, -0.1) is 0 Å². The number of carbonyl (C=O) groups is 2. The maximum Gasteiger partial charge on any atom is 0.322 e. The number of rotatable bonds is 3. The molecule has 0 radical (unpaired) electrons. The van der Waals surface area contributed by atoms with Crippen molar-refractivity contribution in [1.29, 1.82) is 0 Å². The van der Waals surface area contributed by atoms with Crippen LogP contribution in [0, 0.1) is 12.7 Å². The molecule has 2 aliphatic rings. The molecular weight excluding hydrogens is 369 g/mol. The molecule has 2 atom stereocenters. The fourth-order valence-corrected chi connectivity index (χ4v) is 4.66. The number of anilines is 1. The van der Waals surface area contributed by atoms with Gasteiger partial charge in [-0.2, -0.15) is 0 Å². The molecule has 3 amide bonds. The van der Waals surface area contributed by atoms with Gasteiger partial charge in [0.25, 0.3) is 5.91 Å². The molecule has 2 heterocycles. The number of amides is 3. The number of piperidine rings is 2. The molecule has 2 fully saturated rings. The molecule has 0 aromatic heterocycles. The number of nitrogens with zero attached hydrogens (tertiary/aromatic N) is 1. The normalized spacial score (nSPS) is 23.4. The van der Waals surface area contributed by atoms with Gasteiger partial charge < -0.3 is 15.5 Å². The van der Waals surface area contributed by atoms with Gasteiger partial charge in [0.2, 0.25) is 0 Å². The van der Waals surface area contributed by atoms with Crippen LogP contribution in [0.4, 0.5) is 14.9 Å². The number of nitrogens with one attached hydrogen (secondary N) is 2. The fraction of sp³-hybridized carbons (Fsp3) is 0.391. The Morgan fingerprint density at radius 2 is 1.66 bits per heavy atom. The van der Waals surface area contributed by atoms with E-state index in [1.54, 1.807) is 18.2 Å². The second kappa shape index (κ2) is 8.23. The largest absolute Gasteiger partial charge is 0.349 e. The molecule has 2 aromatic carbocycles. The Morgan fingerprint density at radius 3 is 2.34 bits per heavy atom. The maximum absolute atomic E-state index is 13.9. The van der Waals surface area contributed by atoms with Gasteiger partial charge in [0.05, 0.1) is 5.69 Å². The molecule has 0 spiro atoms. The number of benzene rings is 2. The highest BCUT2D eigenvalue weighted by Gasteiger charge is 2.41. The van der Waals surface area contributed by atoms with Gasteiger partial charge in [0.15, 0.2) is 0 Å². The molecule has 2 aliphatic heterocycles. The number of para-hydroxylation sites is 1. The first-order valence-electron chi connectivity index (χ1n) is 10.2. The van der Waals surface area contributed by atoms with Crippen molar-refractivity contribution >= 4 is 17.6 Å². The van der Waals surface area contributed by atoms with E-state index in [0.717, 1.165) is 37.7 Å². The Balaban J connectivity index is 1.44. The molecule has 152 valence electrons. The minimum atomic E-state index is -0.439. The topological polar surface area (TPSA) is 61.4 Å². The minimum Gasteiger partial charge on any atom is -0.349 e. The Kier molecular flexibility index (Phi) is 5.51. The van der Waals surface area contributed by atoms with Gasteiger partial charge in [-0.3, -0.25) is 4.79 Å². The van der Waals surface area contributed by atoms with E-state index in [2.05, 4.69) is 10.6 Å². The number of hydrogen-bond donors (Lipinski definition) is 2. The van der Waals surface area contributed by atoms with Gasteiger partial charge in [-0.1, -0.05) is 30.3 Å². The molecule has 0 unspecified atom stereocenters. The van der Waals surface area contributed by atoms with Crippen molar-refractivity contribution in [3.63, 3.8) is 0 Å². The maximum atomic E-state index is 13.9. The number of halogens is 1. The van der Waals surface area contributed by atoms with Crippen LogP contribution in [0.15, 0.2) is 48.5 Å². The predicted octanol–water partition coefficient (Wildman–Crippen LogP) is 4.48. The van der Waals surface area contributed by atoms with Crippen molar-refractivity contribution in [2.45, 2.75) is 57.2 Å². The van der Waals surface area contributed by atoms with Crippen LogP contribution in [0.5, 0.6) is 0 Å². The summed E-state index contributed by atoms with van der Waals surface area (Å²) >= 11 is 0. The third kappa shape index (κ3) is 4.11. The van der Waals surface area contributed by atoms with E-state index in [1.807, 2.05) is 36.1 Å². The smallest absolute Gasteiger partial charge is 0.322 e. The highest BCUT2D eigenvalue weighted by Crippen LogP contribution is 2.35. The van der Waals surface area contributed by atoms with Gasteiger partial charge in [0.1, 0.15) is 5.82 Å². The van der Waals surface area contributed by atoms with Gasteiger partial charge in [-0.05, 0) is 62.8 Å². The monoisotopic (exact) mass is 395 g/mol. The van der Waals surface area contributed by atoms with Crippen molar-refractivity contribution in [1.82, 2.24) is 10.2 Å². The van der Waals surface area contributed by atoms with Gasteiger partial charge in [0, 0.05) is 23.7 Å². The zero-order valence-corrected chi connectivity index (χ0v) is 16.5. The first-order valence-corrected chi connectivity index (χ1v) is 10.2. The minimum absolute atomic E-state index is 0.0370. The van der Waals surface area contributed by atoms with E-state index in [9.17, 15) is 14.0 Å². The summed E-state index contributed by atoms with van der Waals surface area (Å²) in [6.07, 6.45) is 4.31. The summed E-state index contributed by atoms with van der Waals surface area (Å²) in [5.41, 5.74) is 1.84. The Bertz CT molecular complexity index is 903. The van der Waals surface area contributed by atoms with Gasteiger partial charge in [-0.25, -0.2) is 9.18 Å². The molecule has 6 heteroatoms. The zero-order chi connectivity index (χ0) is 20.4.